The second-order valence-electron chi connectivity index (χ2n) is 4.18. The topological polar surface area (TPSA) is 20.7 Å². The van der Waals surface area contributed by atoms with E-state index in [-0.39, 0.29) is 5.82 Å². The van der Waals surface area contributed by atoms with Crippen molar-refractivity contribution in [2.24, 2.45) is 0 Å². The summed E-state index contributed by atoms with van der Waals surface area (Å²) < 4.78 is 16.7. The first kappa shape index (κ1) is 11.2. The molecule has 3 rings (SSSR count). The molecule has 0 spiro atoms. The van der Waals surface area contributed by atoms with E-state index < -0.39 is 0 Å². The number of imidazole rings is 1. The fourth-order valence-electron chi connectivity index (χ4n) is 2.30. The highest BCUT2D eigenvalue weighted by molar-refractivity contribution is 9.10. The van der Waals surface area contributed by atoms with Crippen LogP contribution in [0.15, 0.2) is 28.8 Å². The second-order valence-corrected chi connectivity index (χ2v) is 5.42. The molecule has 0 radical (unpaired) electrons. The third kappa shape index (κ3) is 1.77. The lowest BCUT2D eigenvalue weighted by Crippen LogP contribution is -2.04. The van der Waals surface area contributed by atoms with E-state index in [2.05, 4.69) is 37.6 Å². The van der Waals surface area contributed by atoms with Crippen molar-refractivity contribution >= 4 is 39.2 Å². The van der Waals surface area contributed by atoms with Crippen molar-refractivity contribution in [1.29, 1.82) is 0 Å². The maximum Gasteiger partial charge on any atom is 0.178 e. The largest absolute Gasteiger partial charge is 0.330 e. The van der Waals surface area contributed by atoms with Gasteiger partial charge >= 0.3 is 0 Å². The predicted octanol–water partition coefficient (Wildman–Crippen LogP) is 4.49. The van der Waals surface area contributed by atoms with Gasteiger partial charge < -0.3 is 9.55 Å². The molecular formula is C12H10BrFN2S. The van der Waals surface area contributed by atoms with Gasteiger partial charge in [0.15, 0.2) is 4.77 Å². The van der Waals surface area contributed by atoms with Crippen LogP contribution in [-0.2, 0) is 0 Å². The molecule has 2 aromatic rings. The molecule has 0 saturated heterocycles. The van der Waals surface area contributed by atoms with Crippen molar-refractivity contribution in [2.75, 3.05) is 0 Å². The van der Waals surface area contributed by atoms with Crippen LogP contribution in [0.25, 0.3) is 11.0 Å². The van der Waals surface area contributed by atoms with E-state index in [1.165, 1.54) is 6.07 Å². The number of nitrogens with one attached hydrogen (secondary N) is 1. The summed E-state index contributed by atoms with van der Waals surface area (Å²) in [6.45, 7) is 0. The van der Waals surface area contributed by atoms with E-state index in [1.54, 1.807) is 6.07 Å². The molecule has 1 N–H and O–H groups in total. The van der Waals surface area contributed by atoms with Crippen LogP contribution >= 0.6 is 28.1 Å². The maximum absolute atomic E-state index is 13.4. The van der Waals surface area contributed by atoms with Gasteiger partial charge in [0, 0.05) is 12.1 Å². The van der Waals surface area contributed by atoms with Crippen molar-refractivity contribution in [3.63, 3.8) is 0 Å². The molecule has 0 bridgehead atoms. The zero-order chi connectivity index (χ0) is 12.0. The molecule has 1 heterocycles. The average molecular weight is 313 g/mol. The van der Waals surface area contributed by atoms with Crippen LogP contribution in [0.4, 0.5) is 4.39 Å². The molecule has 88 valence electrons. The summed E-state index contributed by atoms with van der Waals surface area (Å²) in [4.78, 5) is 3.06. The summed E-state index contributed by atoms with van der Waals surface area (Å²) in [6, 6.07) is 3.62. The van der Waals surface area contributed by atoms with E-state index in [4.69, 9.17) is 12.2 Å². The van der Waals surface area contributed by atoms with Crippen LogP contribution in [0.5, 0.6) is 0 Å². The van der Waals surface area contributed by atoms with Crippen LogP contribution < -0.4 is 0 Å². The van der Waals surface area contributed by atoms with Crippen molar-refractivity contribution in [3.8, 4) is 0 Å². The summed E-state index contributed by atoms with van der Waals surface area (Å²) in [7, 11) is 0. The summed E-state index contributed by atoms with van der Waals surface area (Å²) in [5.74, 6) is -0.273. The minimum atomic E-state index is -0.273. The van der Waals surface area contributed by atoms with Crippen LogP contribution in [0.1, 0.15) is 18.9 Å². The molecular weight excluding hydrogens is 303 g/mol. The summed E-state index contributed by atoms with van der Waals surface area (Å²) in [6.07, 6.45) is 6.28. The van der Waals surface area contributed by atoms with Gasteiger partial charge in [-0.3, -0.25) is 0 Å². The molecule has 17 heavy (non-hydrogen) atoms. The second kappa shape index (κ2) is 4.07. The van der Waals surface area contributed by atoms with Gasteiger partial charge in [-0.25, -0.2) is 4.39 Å². The lowest BCUT2D eigenvalue weighted by atomic mass is 10.2. The number of nitrogens with zero attached hydrogens (tertiary/aromatic N) is 1. The first-order valence-corrected chi connectivity index (χ1v) is 6.61. The highest BCUT2D eigenvalue weighted by atomic mass is 79.9. The molecule has 0 aliphatic heterocycles. The monoisotopic (exact) mass is 312 g/mol. The van der Waals surface area contributed by atoms with Crippen LogP contribution in [-0.4, -0.2) is 9.55 Å². The molecule has 0 unspecified atom stereocenters. The van der Waals surface area contributed by atoms with Crippen molar-refractivity contribution in [3.05, 3.63) is 39.3 Å². The number of aromatic nitrogens is 2. The number of aromatic amines is 1. The number of benzene rings is 1. The highest BCUT2D eigenvalue weighted by Crippen LogP contribution is 2.30. The van der Waals surface area contributed by atoms with Gasteiger partial charge in [0.05, 0.1) is 15.5 Å². The first-order chi connectivity index (χ1) is 8.16. The summed E-state index contributed by atoms with van der Waals surface area (Å²) >= 11 is 8.53. The number of hydrogen-bond acceptors (Lipinski definition) is 1. The van der Waals surface area contributed by atoms with Gasteiger partial charge in [-0.15, -0.1) is 0 Å². The van der Waals surface area contributed by atoms with Gasteiger partial charge in [-0.2, -0.15) is 0 Å². The Morgan fingerprint density at radius 3 is 2.76 bits per heavy atom. The maximum atomic E-state index is 13.4. The average Bonchev–Trinajstić information content (AvgIpc) is 2.86. The standard InChI is InChI=1S/C12H10BrFN2S/c13-8-5-11-10(6-9(8)14)15-12(17)16(11)7-3-1-2-4-7/h1-2,5-7H,3-4H2,(H,15,17). The highest BCUT2D eigenvalue weighted by Gasteiger charge is 2.17. The molecule has 1 aromatic heterocycles. The molecule has 1 aromatic carbocycles. The summed E-state index contributed by atoms with van der Waals surface area (Å²) in [5, 5.41) is 0. The lowest BCUT2D eigenvalue weighted by molar-refractivity contribution is 0.544. The Labute approximate surface area is 111 Å². The minimum Gasteiger partial charge on any atom is -0.330 e. The number of halogens is 2. The summed E-state index contributed by atoms with van der Waals surface area (Å²) in [5.41, 5.74) is 1.71. The zero-order valence-corrected chi connectivity index (χ0v) is 11.3. The van der Waals surface area contributed by atoms with Crippen LogP contribution in [0, 0.1) is 10.6 Å². The quantitative estimate of drug-likeness (QED) is 0.607. The number of hydrogen-bond donors (Lipinski definition) is 1. The number of rotatable bonds is 1. The van der Waals surface area contributed by atoms with Gasteiger partial charge in [-0.1, -0.05) is 12.2 Å². The molecule has 1 aliphatic rings. The molecule has 0 amide bonds. The smallest absolute Gasteiger partial charge is 0.178 e. The van der Waals surface area contributed by atoms with Gasteiger partial charge in [-0.05, 0) is 47.1 Å². The van der Waals surface area contributed by atoms with Gasteiger partial charge in [0.2, 0.25) is 0 Å². The number of H-pyrrole nitrogens is 1. The lowest BCUT2D eigenvalue weighted by Gasteiger charge is -2.12. The molecule has 0 atom stereocenters. The van der Waals surface area contributed by atoms with Crippen LogP contribution in [0.3, 0.4) is 0 Å². The van der Waals surface area contributed by atoms with E-state index in [0.717, 1.165) is 23.9 Å². The van der Waals surface area contributed by atoms with Crippen molar-refractivity contribution in [1.82, 2.24) is 9.55 Å². The molecule has 1 aliphatic carbocycles. The first-order valence-electron chi connectivity index (χ1n) is 5.41. The molecule has 0 saturated carbocycles. The Morgan fingerprint density at radius 2 is 2.06 bits per heavy atom. The van der Waals surface area contributed by atoms with Gasteiger partial charge in [0.25, 0.3) is 0 Å². The van der Waals surface area contributed by atoms with Crippen molar-refractivity contribution < 1.29 is 4.39 Å². The van der Waals surface area contributed by atoms with E-state index in [0.29, 0.717) is 15.3 Å². The zero-order valence-electron chi connectivity index (χ0n) is 8.91. The fourth-order valence-corrected chi connectivity index (χ4v) is 2.99. The fraction of sp³-hybridized carbons (Fsp3) is 0.250. The van der Waals surface area contributed by atoms with E-state index in [9.17, 15) is 4.39 Å². The molecule has 0 fully saturated rings. The number of fused-ring (bicyclic) bond motifs is 1. The molecule has 5 heteroatoms. The third-order valence-electron chi connectivity index (χ3n) is 3.11. The Kier molecular flexibility index (Phi) is 2.67. The van der Waals surface area contributed by atoms with Crippen LogP contribution in [0.2, 0.25) is 0 Å². The Morgan fingerprint density at radius 1 is 1.35 bits per heavy atom. The minimum absolute atomic E-state index is 0.273. The Balaban J connectivity index is 2.26. The SMILES string of the molecule is Fc1cc2[nH]c(=S)n(C3CC=CC3)c2cc1Br. The molecule has 2 nitrogen and oxygen atoms in total. The third-order valence-corrected chi connectivity index (χ3v) is 4.01. The Hall–Kier alpha value is -0.940. The normalized spacial score (nSPS) is 16.1. The predicted molar refractivity (Wildman–Crippen MR) is 72.2 cm³/mol. The van der Waals surface area contributed by atoms with E-state index >= 15 is 0 Å². The van der Waals surface area contributed by atoms with Gasteiger partial charge in [0.1, 0.15) is 5.82 Å². The Bertz CT molecular complexity index is 663. The number of allylic oxidation sites excluding steroid dienone is 2. The van der Waals surface area contributed by atoms with Crippen molar-refractivity contribution in [2.45, 2.75) is 18.9 Å². The van der Waals surface area contributed by atoms with E-state index in [1.807, 2.05) is 0 Å².